The summed E-state index contributed by atoms with van der Waals surface area (Å²) in [5, 5.41) is 0. The normalized spacial score (nSPS) is 15.6. The van der Waals surface area contributed by atoms with Crippen LogP contribution in [-0.2, 0) is 0 Å². The molecule has 1 saturated heterocycles. The summed E-state index contributed by atoms with van der Waals surface area (Å²) in [6, 6.07) is 7.87. The van der Waals surface area contributed by atoms with Crippen molar-refractivity contribution >= 4 is 18.2 Å². The predicted octanol–water partition coefficient (Wildman–Crippen LogP) is 3.09. The lowest BCUT2D eigenvalue weighted by atomic mass is 10.1. The van der Waals surface area contributed by atoms with Crippen molar-refractivity contribution in [1.29, 1.82) is 0 Å². The summed E-state index contributed by atoms with van der Waals surface area (Å²) >= 11 is 0. The summed E-state index contributed by atoms with van der Waals surface area (Å²) in [5.41, 5.74) is 2.06. The summed E-state index contributed by atoms with van der Waals surface area (Å²) in [5.74, 6) is 0.270. The van der Waals surface area contributed by atoms with Gasteiger partial charge in [-0.2, -0.15) is 0 Å². The molecule has 0 aromatic heterocycles. The van der Waals surface area contributed by atoms with Gasteiger partial charge in [0.1, 0.15) is 0 Å². The van der Waals surface area contributed by atoms with E-state index in [-0.39, 0.29) is 18.2 Å². The Balaban J connectivity index is 0.00000144. The van der Waals surface area contributed by atoms with Crippen molar-refractivity contribution in [2.45, 2.75) is 26.2 Å². The molecular weight excluding hydrogens is 234 g/mol. The number of halogens is 1. The third kappa shape index (κ3) is 4.14. The maximum absolute atomic E-state index is 11.9. The van der Waals surface area contributed by atoms with E-state index in [1.54, 1.807) is 0 Å². The molecule has 1 aromatic rings. The average molecular weight is 254 g/mol. The van der Waals surface area contributed by atoms with Crippen LogP contribution in [-0.4, -0.2) is 30.3 Å². The van der Waals surface area contributed by atoms with E-state index >= 15 is 0 Å². The molecule has 94 valence electrons. The van der Waals surface area contributed by atoms with Gasteiger partial charge in [0, 0.05) is 18.5 Å². The molecule has 1 aliphatic heterocycles. The summed E-state index contributed by atoms with van der Waals surface area (Å²) in [6.07, 6.45) is 3.24. The Morgan fingerprint density at radius 3 is 2.35 bits per heavy atom. The van der Waals surface area contributed by atoms with Gasteiger partial charge in [0.25, 0.3) is 0 Å². The highest BCUT2D eigenvalue weighted by Crippen LogP contribution is 2.10. The first-order chi connectivity index (χ1) is 7.75. The van der Waals surface area contributed by atoms with Crippen LogP contribution in [0.1, 0.15) is 35.2 Å². The first-order valence-corrected chi connectivity index (χ1v) is 6.08. The number of carbonyl (C=O) groups is 1. The second kappa shape index (κ2) is 6.77. The highest BCUT2D eigenvalue weighted by Gasteiger charge is 2.13. The number of benzene rings is 1. The molecular formula is C14H20ClNO. The Hall–Kier alpha value is -0.860. The zero-order chi connectivity index (χ0) is 11.4. The zero-order valence-corrected chi connectivity index (χ0v) is 11.1. The van der Waals surface area contributed by atoms with Crippen LogP contribution in [0.15, 0.2) is 24.3 Å². The minimum Gasteiger partial charge on any atom is -0.303 e. The Bertz CT molecular complexity index is 355. The molecule has 17 heavy (non-hydrogen) atoms. The molecule has 3 heteroatoms. The second-order valence-corrected chi connectivity index (χ2v) is 4.59. The van der Waals surface area contributed by atoms with Crippen LogP contribution in [0.25, 0.3) is 0 Å². The molecule has 0 saturated carbocycles. The van der Waals surface area contributed by atoms with E-state index in [4.69, 9.17) is 0 Å². The quantitative estimate of drug-likeness (QED) is 0.769. The van der Waals surface area contributed by atoms with E-state index in [0.29, 0.717) is 6.42 Å². The number of aryl methyl sites for hydroxylation is 1. The third-order valence-electron chi connectivity index (χ3n) is 3.23. The maximum atomic E-state index is 11.9. The number of hydrogen-bond acceptors (Lipinski definition) is 2. The minimum absolute atomic E-state index is 0. The number of hydrogen-bond donors (Lipinski definition) is 0. The molecule has 0 spiro atoms. The molecule has 0 bridgehead atoms. The van der Waals surface area contributed by atoms with E-state index in [0.717, 1.165) is 12.1 Å². The summed E-state index contributed by atoms with van der Waals surface area (Å²) in [7, 11) is 0. The van der Waals surface area contributed by atoms with Gasteiger partial charge in [-0.3, -0.25) is 4.79 Å². The first-order valence-electron chi connectivity index (χ1n) is 6.08. The Kier molecular flexibility index (Phi) is 5.66. The molecule has 0 unspecified atom stereocenters. The van der Waals surface area contributed by atoms with Crippen LogP contribution in [0.3, 0.4) is 0 Å². The molecule has 0 N–H and O–H groups in total. The van der Waals surface area contributed by atoms with Crippen molar-refractivity contribution < 1.29 is 4.79 Å². The summed E-state index contributed by atoms with van der Waals surface area (Å²) < 4.78 is 0. The number of carbonyl (C=O) groups excluding carboxylic acids is 1. The van der Waals surface area contributed by atoms with Gasteiger partial charge in [0.05, 0.1) is 0 Å². The van der Waals surface area contributed by atoms with Gasteiger partial charge in [-0.05, 0) is 32.9 Å². The van der Waals surface area contributed by atoms with Crippen LogP contribution >= 0.6 is 12.4 Å². The largest absolute Gasteiger partial charge is 0.303 e. The van der Waals surface area contributed by atoms with E-state index in [1.807, 2.05) is 31.2 Å². The Morgan fingerprint density at radius 2 is 1.76 bits per heavy atom. The monoisotopic (exact) mass is 253 g/mol. The smallest absolute Gasteiger partial charge is 0.164 e. The summed E-state index contributed by atoms with van der Waals surface area (Å²) in [6.45, 7) is 5.30. The van der Waals surface area contributed by atoms with E-state index < -0.39 is 0 Å². The molecule has 1 aromatic carbocycles. The van der Waals surface area contributed by atoms with Gasteiger partial charge < -0.3 is 4.90 Å². The highest BCUT2D eigenvalue weighted by atomic mass is 35.5. The van der Waals surface area contributed by atoms with E-state index in [2.05, 4.69) is 4.90 Å². The van der Waals surface area contributed by atoms with Gasteiger partial charge in [0.15, 0.2) is 5.78 Å². The van der Waals surface area contributed by atoms with Crippen LogP contribution in [0.4, 0.5) is 0 Å². The number of ketones is 1. The van der Waals surface area contributed by atoms with Gasteiger partial charge in [0.2, 0.25) is 0 Å². The fourth-order valence-electron chi connectivity index (χ4n) is 2.15. The fourth-order valence-corrected chi connectivity index (χ4v) is 2.15. The molecule has 0 amide bonds. The lowest BCUT2D eigenvalue weighted by molar-refractivity contribution is 0.0969. The Labute approximate surface area is 109 Å². The van der Waals surface area contributed by atoms with Crippen LogP contribution in [0, 0.1) is 6.92 Å². The van der Waals surface area contributed by atoms with Gasteiger partial charge >= 0.3 is 0 Å². The van der Waals surface area contributed by atoms with Gasteiger partial charge in [-0.25, -0.2) is 0 Å². The van der Waals surface area contributed by atoms with Crippen molar-refractivity contribution in [2.24, 2.45) is 0 Å². The van der Waals surface area contributed by atoms with E-state index in [1.165, 1.54) is 31.5 Å². The number of likely N-dealkylation sites (tertiary alicyclic amines) is 1. The Morgan fingerprint density at radius 1 is 1.18 bits per heavy atom. The molecule has 0 radical (unpaired) electrons. The molecule has 1 fully saturated rings. The molecule has 2 nitrogen and oxygen atoms in total. The highest BCUT2D eigenvalue weighted by molar-refractivity contribution is 5.96. The number of nitrogens with zero attached hydrogens (tertiary/aromatic N) is 1. The number of Topliss-reactive ketones (excluding diaryl/α,β-unsaturated/α-hetero) is 1. The van der Waals surface area contributed by atoms with Crippen LogP contribution in [0.5, 0.6) is 0 Å². The summed E-state index contributed by atoms with van der Waals surface area (Å²) in [4.78, 5) is 14.3. The fraction of sp³-hybridized carbons (Fsp3) is 0.500. The van der Waals surface area contributed by atoms with Crippen molar-refractivity contribution in [1.82, 2.24) is 4.90 Å². The van der Waals surface area contributed by atoms with Crippen molar-refractivity contribution in [3.05, 3.63) is 35.4 Å². The molecule has 0 atom stereocenters. The SMILES string of the molecule is Cc1ccc(C(=O)CCN2CCCC2)cc1.Cl. The van der Waals surface area contributed by atoms with Gasteiger partial charge in [-0.15, -0.1) is 12.4 Å². The van der Waals surface area contributed by atoms with Gasteiger partial charge in [-0.1, -0.05) is 29.8 Å². The van der Waals surface area contributed by atoms with Crippen molar-refractivity contribution in [2.75, 3.05) is 19.6 Å². The molecule has 1 heterocycles. The van der Waals surface area contributed by atoms with Crippen LogP contribution in [0.2, 0.25) is 0 Å². The predicted molar refractivity (Wildman–Crippen MR) is 73.0 cm³/mol. The lowest BCUT2D eigenvalue weighted by Gasteiger charge is -2.13. The topological polar surface area (TPSA) is 20.3 Å². The first kappa shape index (κ1) is 14.2. The number of rotatable bonds is 4. The zero-order valence-electron chi connectivity index (χ0n) is 10.3. The standard InChI is InChI=1S/C14H19NO.ClH/c1-12-4-6-13(7-5-12)14(16)8-11-15-9-2-3-10-15;/h4-7H,2-3,8-11H2,1H3;1H. The van der Waals surface area contributed by atoms with Crippen LogP contribution < -0.4 is 0 Å². The van der Waals surface area contributed by atoms with E-state index in [9.17, 15) is 4.79 Å². The van der Waals surface area contributed by atoms with Crippen molar-refractivity contribution in [3.8, 4) is 0 Å². The molecule has 0 aliphatic carbocycles. The molecule has 1 aliphatic rings. The van der Waals surface area contributed by atoms with Crippen molar-refractivity contribution in [3.63, 3.8) is 0 Å². The third-order valence-corrected chi connectivity index (χ3v) is 3.23. The minimum atomic E-state index is 0. The maximum Gasteiger partial charge on any atom is 0.164 e. The molecule has 2 rings (SSSR count). The average Bonchev–Trinajstić information content (AvgIpc) is 2.80. The lowest BCUT2D eigenvalue weighted by Crippen LogP contribution is -2.22. The second-order valence-electron chi connectivity index (χ2n) is 4.59.